The van der Waals surface area contributed by atoms with Gasteiger partial charge in [0, 0.05) is 28.5 Å². The number of benzene rings is 2. The molecule has 0 unspecified atom stereocenters. The van der Waals surface area contributed by atoms with Crippen molar-refractivity contribution in [1.29, 1.82) is 0 Å². The number of carbonyl (C=O) groups excluding carboxylic acids is 6. The molecule has 3 heterocycles. The van der Waals surface area contributed by atoms with E-state index >= 15 is 0 Å². The summed E-state index contributed by atoms with van der Waals surface area (Å²) in [5.41, 5.74) is 0. The molecule has 3 fully saturated rings. The normalized spacial score (nSPS) is 20.9. The standard InChI is InChI=1S/C11H12N2O2S2.C10H9NO3S2.C5H8N2O2S.H2/c14-10-6-12-11(15)9(13-10)7-16-17-8-4-2-1-3-5-8;12-9-8(11-10(13)14-9)6-15-16-7-4-2-1-3-5-7;8-4-1-6-5(9)3(2-10)7-4;/h1-5,9H,6-7H2,(H,12,15)(H,13,14);1-5,8H,6H2,(H,11,13);3,10H,1-2H2,(H,6,9)(H,7,8);1H/t9-;8-;3-;/m000./s1/i;;;1+1. The topological polar surface area (TPSA) is 172 Å². The van der Waals surface area contributed by atoms with Crippen molar-refractivity contribution >= 4 is 91.5 Å². The summed E-state index contributed by atoms with van der Waals surface area (Å²) >= 11 is 3.89. The molecule has 232 valence electrons. The third-order valence-electron chi connectivity index (χ3n) is 5.37. The van der Waals surface area contributed by atoms with Gasteiger partial charge in [0.1, 0.15) is 18.1 Å². The van der Waals surface area contributed by atoms with E-state index in [9.17, 15) is 28.8 Å². The maximum atomic E-state index is 11.4. The second-order valence-electron chi connectivity index (χ2n) is 8.63. The van der Waals surface area contributed by atoms with Crippen LogP contribution in [0, 0.1) is 0 Å². The minimum absolute atomic E-state index is 0. The van der Waals surface area contributed by atoms with Gasteiger partial charge in [-0.15, -0.1) is 0 Å². The summed E-state index contributed by atoms with van der Waals surface area (Å²) in [6.45, 7) is 0.176. The summed E-state index contributed by atoms with van der Waals surface area (Å²) in [5, 5.41) is 12.6. The Bertz CT molecular complexity index is 1280. The van der Waals surface area contributed by atoms with E-state index in [0.29, 0.717) is 17.3 Å². The maximum absolute atomic E-state index is 11.4. The maximum Gasteiger partial charge on any atom is 0.415 e. The molecule has 2 aromatic carbocycles. The quantitative estimate of drug-likeness (QED) is 0.0985. The monoisotopic (exact) mass is 686 g/mol. The predicted octanol–water partition coefficient (Wildman–Crippen LogP) is 1.88. The van der Waals surface area contributed by atoms with Crippen molar-refractivity contribution in [2.45, 2.75) is 27.9 Å². The lowest BCUT2D eigenvalue weighted by Gasteiger charge is -2.22. The van der Waals surface area contributed by atoms with Crippen molar-refractivity contribution in [2.75, 3.05) is 30.3 Å². The first-order valence-corrected chi connectivity index (χ1v) is 18.0. The first kappa shape index (κ1) is 34.5. The SMILES string of the molecule is O=C1CNC(=O)[C@H](CS)N1.O=C1CNC(=O)[C@H](CSSc2ccccc2)N1.O=C1N[C@@H](CSSc2ccccc2)C(=O)O1.[2HH]. The summed E-state index contributed by atoms with van der Waals surface area (Å²) in [6.07, 6.45) is -0.652. The van der Waals surface area contributed by atoms with Crippen LogP contribution in [0.2, 0.25) is 0 Å². The predicted molar refractivity (Wildman–Crippen MR) is 174 cm³/mol. The molecule has 3 aliphatic rings. The molecule has 0 spiro atoms. The van der Waals surface area contributed by atoms with Crippen LogP contribution in [0.5, 0.6) is 0 Å². The largest absolute Gasteiger partial charge is 0.415 e. The Morgan fingerprint density at radius 3 is 1.58 bits per heavy atom. The minimum atomic E-state index is -0.652. The molecule has 5 N–H and O–H groups in total. The molecule has 17 heteroatoms. The van der Waals surface area contributed by atoms with Crippen LogP contribution in [0.4, 0.5) is 4.79 Å². The van der Waals surface area contributed by atoms with E-state index in [4.69, 9.17) is 0 Å². The third-order valence-corrected chi connectivity index (χ3v) is 10.5. The molecular weight excluding hydrogens is 655 g/mol. The van der Waals surface area contributed by atoms with E-state index in [1.807, 2.05) is 60.7 Å². The van der Waals surface area contributed by atoms with Crippen LogP contribution in [0.1, 0.15) is 1.43 Å². The van der Waals surface area contributed by atoms with Gasteiger partial charge in [-0.1, -0.05) is 79.6 Å². The van der Waals surface area contributed by atoms with Crippen LogP contribution >= 0.6 is 55.8 Å². The highest BCUT2D eigenvalue weighted by Gasteiger charge is 2.32. The zero-order chi connectivity index (χ0) is 31.0. The number of ether oxygens (including phenoxy) is 1. The first-order chi connectivity index (χ1) is 20.7. The number of amides is 5. The highest BCUT2D eigenvalue weighted by atomic mass is 33.1. The van der Waals surface area contributed by atoms with Gasteiger partial charge in [-0.2, -0.15) is 12.6 Å². The fraction of sp³-hybridized carbons (Fsp3) is 0.308. The Labute approximate surface area is 270 Å². The van der Waals surface area contributed by atoms with E-state index in [0.717, 1.165) is 9.79 Å². The van der Waals surface area contributed by atoms with Gasteiger partial charge in [-0.3, -0.25) is 19.2 Å². The third kappa shape index (κ3) is 12.6. The Balaban J connectivity index is 0.000000235. The number of nitrogens with one attached hydrogen (secondary N) is 5. The van der Waals surface area contributed by atoms with E-state index < -0.39 is 30.2 Å². The average Bonchev–Trinajstić information content (AvgIpc) is 3.34. The van der Waals surface area contributed by atoms with Gasteiger partial charge in [0.2, 0.25) is 23.6 Å². The van der Waals surface area contributed by atoms with Gasteiger partial charge < -0.3 is 31.3 Å². The molecule has 3 atom stereocenters. The number of hydrogen-bond donors (Lipinski definition) is 6. The highest BCUT2D eigenvalue weighted by Crippen LogP contribution is 2.32. The fourth-order valence-corrected chi connectivity index (χ4v) is 7.88. The number of esters is 1. The average molecular weight is 687 g/mol. The van der Waals surface area contributed by atoms with Gasteiger partial charge in [0.05, 0.1) is 13.1 Å². The Morgan fingerprint density at radius 2 is 1.14 bits per heavy atom. The van der Waals surface area contributed by atoms with Crippen LogP contribution in [0.3, 0.4) is 0 Å². The molecule has 0 bridgehead atoms. The molecule has 0 radical (unpaired) electrons. The zero-order valence-corrected chi connectivity index (χ0v) is 26.6. The van der Waals surface area contributed by atoms with Crippen LogP contribution in [-0.2, 0) is 28.7 Å². The second kappa shape index (κ2) is 18.6. The fourth-order valence-electron chi connectivity index (χ4n) is 3.24. The number of cyclic esters (lactones) is 2. The van der Waals surface area contributed by atoms with Crippen LogP contribution in [0.15, 0.2) is 70.5 Å². The number of alkyl carbamates (subject to hydrolysis) is 1. The molecule has 5 amide bonds. The summed E-state index contributed by atoms with van der Waals surface area (Å²) in [4.78, 5) is 68.0. The Kier molecular flexibility index (Phi) is 14.9. The lowest BCUT2D eigenvalue weighted by atomic mass is 10.2. The summed E-state index contributed by atoms with van der Waals surface area (Å²) < 4.78 is 4.37. The molecule has 0 aliphatic carbocycles. The molecule has 0 saturated carbocycles. The van der Waals surface area contributed by atoms with Crippen molar-refractivity contribution in [3.63, 3.8) is 0 Å². The Hall–Kier alpha value is -2.99. The van der Waals surface area contributed by atoms with Crippen molar-refractivity contribution in [1.82, 2.24) is 26.6 Å². The van der Waals surface area contributed by atoms with Gasteiger partial charge in [0.15, 0.2) is 0 Å². The molecule has 0 aromatic heterocycles. The molecule has 5 rings (SSSR count). The molecule has 3 aliphatic heterocycles. The number of thiol groups is 1. The number of carbonyl (C=O) groups is 6. The van der Waals surface area contributed by atoms with Crippen LogP contribution < -0.4 is 26.6 Å². The highest BCUT2D eigenvalue weighted by molar-refractivity contribution is 8.77. The molecular formula is C26H31N5O7S5. The van der Waals surface area contributed by atoms with E-state index in [1.165, 1.54) is 10.8 Å². The van der Waals surface area contributed by atoms with Crippen LogP contribution in [-0.4, -0.2) is 84.2 Å². The smallest absolute Gasteiger partial charge is 0.375 e. The number of hydrogen-bond acceptors (Lipinski definition) is 12. The molecule has 12 nitrogen and oxygen atoms in total. The molecule has 43 heavy (non-hydrogen) atoms. The second-order valence-corrected chi connectivity index (χ2v) is 13.8. The van der Waals surface area contributed by atoms with Gasteiger partial charge in [-0.05, 0) is 24.3 Å². The Morgan fingerprint density at radius 1 is 0.674 bits per heavy atom. The van der Waals surface area contributed by atoms with Gasteiger partial charge in [-0.25, -0.2) is 9.59 Å². The summed E-state index contributed by atoms with van der Waals surface area (Å²) in [7, 11) is 6.24. The van der Waals surface area contributed by atoms with E-state index in [1.54, 1.807) is 32.4 Å². The first-order valence-electron chi connectivity index (χ1n) is 12.7. The minimum Gasteiger partial charge on any atom is -0.375 e. The van der Waals surface area contributed by atoms with Crippen molar-refractivity contribution in [3.8, 4) is 0 Å². The number of piperazine rings is 2. The number of rotatable bonds is 9. The lowest BCUT2D eigenvalue weighted by Crippen LogP contribution is -2.57. The van der Waals surface area contributed by atoms with Gasteiger partial charge in [0.25, 0.3) is 0 Å². The van der Waals surface area contributed by atoms with E-state index in [2.05, 4.69) is 43.9 Å². The zero-order valence-electron chi connectivity index (χ0n) is 22.5. The molecule has 3 saturated heterocycles. The van der Waals surface area contributed by atoms with Crippen LogP contribution in [0.25, 0.3) is 0 Å². The summed E-state index contributed by atoms with van der Waals surface area (Å²) in [5.74, 6) is 0.379. The van der Waals surface area contributed by atoms with Crippen molar-refractivity contribution < 1.29 is 34.9 Å². The summed E-state index contributed by atoms with van der Waals surface area (Å²) in [6, 6.07) is 18.4. The van der Waals surface area contributed by atoms with Gasteiger partial charge >= 0.3 is 12.1 Å². The van der Waals surface area contributed by atoms with Crippen molar-refractivity contribution in [3.05, 3.63) is 60.7 Å². The lowest BCUT2D eigenvalue weighted by molar-refractivity contribution is -0.134. The van der Waals surface area contributed by atoms with E-state index in [-0.39, 0.29) is 38.1 Å². The van der Waals surface area contributed by atoms with Crippen molar-refractivity contribution in [2.24, 2.45) is 0 Å². The molecule has 2 aromatic rings.